The summed E-state index contributed by atoms with van der Waals surface area (Å²) in [6.07, 6.45) is 0. The van der Waals surface area contributed by atoms with Crippen molar-refractivity contribution in [3.63, 3.8) is 0 Å². The van der Waals surface area contributed by atoms with Crippen LogP contribution in [0.4, 0.5) is 0 Å². The number of rotatable bonds is 2. The van der Waals surface area contributed by atoms with Crippen molar-refractivity contribution < 1.29 is 4.74 Å². The number of benzene rings is 2. The zero-order chi connectivity index (χ0) is 16.8. The summed E-state index contributed by atoms with van der Waals surface area (Å²) in [6.45, 7) is 0. The quantitative estimate of drug-likeness (QED) is 0.308. The van der Waals surface area contributed by atoms with Gasteiger partial charge < -0.3 is 4.74 Å². The molecular formula is C12HCl9O. The molecule has 0 atom stereocenters. The van der Waals surface area contributed by atoms with E-state index < -0.39 is 0 Å². The van der Waals surface area contributed by atoms with Crippen LogP contribution < -0.4 is 4.74 Å². The Labute approximate surface area is 170 Å². The predicted octanol–water partition coefficient (Wildman–Crippen LogP) is 9.36. The molecule has 1 nitrogen and oxygen atoms in total. The normalized spacial score (nSPS) is 11.0. The Balaban J connectivity index is 2.68. The van der Waals surface area contributed by atoms with E-state index in [4.69, 9.17) is 109 Å². The summed E-state index contributed by atoms with van der Waals surface area (Å²) in [5.41, 5.74) is 0. The average molecular weight is 480 g/mol. The summed E-state index contributed by atoms with van der Waals surface area (Å²) in [7, 11) is 0. The van der Waals surface area contributed by atoms with Gasteiger partial charge in [-0.25, -0.2) is 0 Å². The second-order valence-corrected chi connectivity index (χ2v) is 7.26. The molecular weight excluding hydrogens is 479 g/mol. The molecule has 22 heavy (non-hydrogen) atoms. The summed E-state index contributed by atoms with van der Waals surface area (Å²) < 4.78 is 5.56. The molecule has 0 radical (unpaired) electrons. The maximum absolute atomic E-state index is 6.07. The van der Waals surface area contributed by atoms with Crippen molar-refractivity contribution in [3.8, 4) is 11.5 Å². The van der Waals surface area contributed by atoms with E-state index in [9.17, 15) is 0 Å². The van der Waals surface area contributed by atoms with Crippen LogP contribution in [-0.4, -0.2) is 0 Å². The first-order chi connectivity index (χ1) is 10.2. The summed E-state index contributed by atoms with van der Waals surface area (Å²) in [5, 5.41) is 0.0894. The summed E-state index contributed by atoms with van der Waals surface area (Å²) in [4.78, 5) is 0. The molecule has 0 aliphatic carbocycles. The van der Waals surface area contributed by atoms with E-state index in [2.05, 4.69) is 0 Å². The van der Waals surface area contributed by atoms with Gasteiger partial charge in [0, 0.05) is 0 Å². The summed E-state index contributed by atoms with van der Waals surface area (Å²) in [6, 6.07) is 1.37. The second kappa shape index (κ2) is 7.39. The van der Waals surface area contributed by atoms with E-state index in [0.29, 0.717) is 0 Å². The minimum absolute atomic E-state index is 0.00740. The van der Waals surface area contributed by atoms with Crippen molar-refractivity contribution in [1.29, 1.82) is 0 Å². The average Bonchev–Trinajstić information content (AvgIpc) is 2.48. The fourth-order valence-electron chi connectivity index (χ4n) is 1.42. The van der Waals surface area contributed by atoms with E-state index in [1.54, 1.807) is 0 Å². The standard InChI is InChI=1S/C12HCl9O/c13-2-1-3(14)5(16)11(4(2)15)22-12-9(20)7(18)6(17)8(19)10(12)21/h1H. The van der Waals surface area contributed by atoms with Gasteiger partial charge in [-0.15, -0.1) is 0 Å². The number of ether oxygens (including phenoxy) is 1. The first kappa shape index (κ1) is 19.2. The molecule has 0 N–H and O–H groups in total. The lowest BCUT2D eigenvalue weighted by Crippen LogP contribution is -1.92. The smallest absolute Gasteiger partial charge is 0.167 e. The van der Waals surface area contributed by atoms with E-state index >= 15 is 0 Å². The van der Waals surface area contributed by atoms with Crippen LogP contribution in [0.2, 0.25) is 45.2 Å². The van der Waals surface area contributed by atoms with Crippen molar-refractivity contribution in [3.05, 3.63) is 51.3 Å². The molecule has 0 aliphatic rings. The highest BCUT2D eigenvalue weighted by Gasteiger charge is 2.24. The third-order valence-corrected chi connectivity index (χ3v) is 6.23. The Morgan fingerprint density at radius 3 is 1.18 bits per heavy atom. The van der Waals surface area contributed by atoms with E-state index in [-0.39, 0.29) is 56.7 Å². The summed E-state index contributed by atoms with van der Waals surface area (Å²) in [5.74, 6) is -0.121. The molecule has 0 spiro atoms. The van der Waals surface area contributed by atoms with Crippen molar-refractivity contribution in [2.24, 2.45) is 0 Å². The van der Waals surface area contributed by atoms with Crippen molar-refractivity contribution in [1.82, 2.24) is 0 Å². The highest BCUT2D eigenvalue weighted by molar-refractivity contribution is 6.56. The molecule has 2 aromatic carbocycles. The third kappa shape index (κ3) is 3.44. The van der Waals surface area contributed by atoms with E-state index in [0.717, 1.165) is 0 Å². The predicted molar refractivity (Wildman–Crippen MR) is 98.0 cm³/mol. The van der Waals surface area contributed by atoms with Crippen LogP contribution >= 0.6 is 104 Å². The monoisotopic (exact) mass is 476 g/mol. The Morgan fingerprint density at radius 2 is 0.773 bits per heavy atom. The first-order valence-electron chi connectivity index (χ1n) is 5.19. The van der Waals surface area contributed by atoms with Crippen LogP contribution in [0.1, 0.15) is 0 Å². The largest absolute Gasteiger partial charge is 0.451 e. The van der Waals surface area contributed by atoms with Gasteiger partial charge in [0.25, 0.3) is 0 Å². The van der Waals surface area contributed by atoms with Crippen molar-refractivity contribution in [2.45, 2.75) is 0 Å². The fourth-order valence-corrected chi connectivity index (χ4v) is 3.48. The molecule has 0 heterocycles. The van der Waals surface area contributed by atoms with Gasteiger partial charge in [-0.2, -0.15) is 0 Å². The first-order valence-corrected chi connectivity index (χ1v) is 8.59. The minimum Gasteiger partial charge on any atom is -0.451 e. The van der Waals surface area contributed by atoms with Gasteiger partial charge in [0.2, 0.25) is 0 Å². The van der Waals surface area contributed by atoms with Crippen molar-refractivity contribution >= 4 is 104 Å². The fraction of sp³-hybridized carbons (Fsp3) is 0. The van der Waals surface area contributed by atoms with Gasteiger partial charge in [0.05, 0.1) is 25.1 Å². The molecule has 0 amide bonds. The van der Waals surface area contributed by atoms with Gasteiger partial charge in [-0.3, -0.25) is 0 Å². The molecule has 0 bridgehead atoms. The molecule has 0 aromatic heterocycles. The zero-order valence-electron chi connectivity index (χ0n) is 9.89. The van der Waals surface area contributed by atoms with Crippen LogP contribution in [-0.2, 0) is 0 Å². The van der Waals surface area contributed by atoms with Crippen LogP contribution in [0.5, 0.6) is 11.5 Å². The van der Waals surface area contributed by atoms with Crippen LogP contribution in [0.3, 0.4) is 0 Å². The minimum atomic E-state index is -0.0788. The second-order valence-electron chi connectivity index (χ2n) is 3.80. The van der Waals surface area contributed by atoms with Crippen LogP contribution in [0.25, 0.3) is 0 Å². The molecule has 118 valence electrons. The molecule has 2 rings (SSSR count). The molecule has 10 heteroatoms. The third-order valence-electron chi connectivity index (χ3n) is 2.45. The molecule has 2 aromatic rings. The van der Waals surface area contributed by atoms with E-state index in [1.165, 1.54) is 6.07 Å². The molecule has 0 unspecified atom stereocenters. The Bertz CT molecular complexity index is 717. The molecule has 0 saturated heterocycles. The number of hydrogen-bond donors (Lipinski definition) is 0. The van der Waals surface area contributed by atoms with Crippen molar-refractivity contribution in [2.75, 3.05) is 0 Å². The van der Waals surface area contributed by atoms with Gasteiger partial charge in [-0.05, 0) is 6.07 Å². The highest BCUT2D eigenvalue weighted by atomic mass is 35.5. The maximum Gasteiger partial charge on any atom is 0.167 e. The van der Waals surface area contributed by atoms with Gasteiger partial charge in [0.15, 0.2) is 11.5 Å². The molecule has 0 aliphatic heterocycles. The topological polar surface area (TPSA) is 9.23 Å². The van der Waals surface area contributed by atoms with Gasteiger partial charge in [0.1, 0.15) is 20.1 Å². The Kier molecular flexibility index (Phi) is 6.44. The Hall–Kier alpha value is 0.850. The lowest BCUT2D eigenvalue weighted by molar-refractivity contribution is 0.484. The lowest BCUT2D eigenvalue weighted by atomic mass is 10.3. The maximum atomic E-state index is 6.07. The van der Waals surface area contributed by atoms with Gasteiger partial charge in [-0.1, -0.05) is 104 Å². The van der Waals surface area contributed by atoms with Gasteiger partial charge >= 0.3 is 0 Å². The van der Waals surface area contributed by atoms with E-state index in [1.807, 2.05) is 0 Å². The number of hydrogen-bond acceptors (Lipinski definition) is 1. The lowest BCUT2D eigenvalue weighted by Gasteiger charge is -2.16. The number of halogens is 9. The van der Waals surface area contributed by atoms with Crippen LogP contribution in [0.15, 0.2) is 6.07 Å². The van der Waals surface area contributed by atoms with Crippen LogP contribution in [0, 0.1) is 0 Å². The Morgan fingerprint density at radius 1 is 0.455 bits per heavy atom. The highest BCUT2D eigenvalue weighted by Crippen LogP contribution is 2.52. The molecule has 0 saturated carbocycles. The SMILES string of the molecule is Clc1cc(Cl)c(Cl)c(Oc2c(Cl)c(Cl)c(Cl)c(Cl)c2Cl)c1Cl. The zero-order valence-corrected chi connectivity index (χ0v) is 16.7. The summed E-state index contributed by atoms with van der Waals surface area (Å²) >= 11 is 53.9. The molecule has 0 fully saturated rings.